The third-order valence-corrected chi connectivity index (χ3v) is 3.22. The summed E-state index contributed by atoms with van der Waals surface area (Å²) in [6.07, 6.45) is 2.29. The van der Waals surface area contributed by atoms with Gasteiger partial charge in [0, 0.05) is 19.6 Å². The van der Waals surface area contributed by atoms with Gasteiger partial charge in [0.1, 0.15) is 5.75 Å². The third-order valence-electron chi connectivity index (χ3n) is 3.22. The van der Waals surface area contributed by atoms with Crippen molar-refractivity contribution in [3.05, 3.63) is 29.8 Å². The molecule has 0 atom stereocenters. The maximum absolute atomic E-state index is 11.8. The molecule has 0 unspecified atom stereocenters. The van der Waals surface area contributed by atoms with Crippen LogP contribution in [0.4, 0.5) is 0 Å². The summed E-state index contributed by atoms with van der Waals surface area (Å²) < 4.78 is 5.10. The molecule has 98 valence electrons. The SMILES string of the molecule is COc1ccc(CNCC(=O)N2CCCC2)cc1. The van der Waals surface area contributed by atoms with Crippen molar-refractivity contribution in [3.63, 3.8) is 0 Å². The monoisotopic (exact) mass is 248 g/mol. The lowest BCUT2D eigenvalue weighted by atomic mass is 10.2. The smallest absolute Gasteiger partial charge is 0.236 e. The van der Waals surface area contributed by atoms with Gasteiger partial charge < -0.3 is 15.0 Å². The van der Waals surface area contributed by atoms with Gasteiger partial charge >= 0.3 is 0 Å². The quantitative estimate of drug-likeness (QED) is 0.856. The second kappa shape index (κ2) is 6.40. The Morgan fingerprint density at radius 2 is 1.94 bits per heavy atom. The number of carbonyl (C=O) groups excluding carboxylic acids is 1. The van der Waals surface area contributed by atoms with Crippen molar-refractivity contribution in [1.82, 2.24) is 10.2 Å². The predicted molar refractivity (Wildman–Crippen MR) is 70.5 cm³/mol. The van der Waals surface area contributed by atoms with Crippen molar-refractivity contribution >= 4 is 5.91 Å². The molecule has 1 aromatic carbocycles. The Bertz CT molecular complexity index is 383. The van der Waals surface area contributed by atoms with Gasteiger partial charge in [0.2, 0.25) is 5.91 Å². The Labute approximate surface area is 108 Å². The van der Waals surface area contributed by atoms with Crippen LogP contribution in [-0.2, 0) is 11.3 Å². The number of hydrogen-bond donors (Lipinski definition) is 1. The van der Waals surface area contributed by atoms with E-state index in [-0.39, 0.29) is 5.91 Å². The Balaban J connectivity index is 1.72. The fourth-order valence-electron chi connectivity index (χ4n) is 2.14. The van der Waals surface area contributed by atoms with Crippen molar-refractivity contribution in [3.8, 4) is 5.75 Å². The van der Waals surface area contributed by atoms with Crippen molar-refractivity contribution in [2.24, 2.45) is 0 Å². The molecule has 1 heterocycles. The van der Waals surface area contributed by atoms with Gasteiger partial charge in [0.15, 0.2) is 0 Å². The zero-order valence-electron chi connectivity index (χ0n) is 10.8. The molecule has 18 heavy (non-hydrogen) atoms. The van der Waals surface area contributed by atoms with Crippen LogP contribution in [-0.4, -0.2) is 37.6 Å². The zero-order valence-corrected chi connectivity index (χ0v) is 10.8. The van der Waals surface area contributed by atoms with E-state index in [4.69, 9.17) is 4.74 Å². The maximum Gasteiger partial charge on any atom is 0.236 e. The van der Waals surface area contributed by atoms with Crippen LogP contribution in [0.25, 0.3) is 0 Å². The first-order valence-corrected chi connectivity index (χ1v) is 6.41. The molecule has 1 fully saturated rings. The summed E-state index contributed by atoms with van der Waals surface area (Å²) in [5, 5.41) is 3.18. The van der Waals surface area contributed by atoms with E-state index in [0.717, 1.165) is 37.2 Å². The van der Waals surface area contributed by atoms with Gasteiger partial charge in [-0.15, -0.1) is 0 Å². The molecule has 0 aliphatic carbocycles. The fourth-order valence-corrected chi connectivity index (χ4v) is 2.14. The van der Waals surface area contributed by atoms with Gasteiger partial charge in [0.25, 0.3) is 0 Å². The van der Waals surface area contributed by atoms with Crippen molar-refractivity contribution in [1.29, 1.82) is 0 Å². The average molecular weight is 248 g/mol. The van der Waals surface area contributed by atoms with E-state index >= 15 is 0 Å². The molecule has 0 bridgehead atoms. The molecule has 0 spiro atoms. The minimum atomic E-state index is 0.209. The van der Waals surface area contributed by atoms with E-state index in [1.165, 1.54) is 0 Å². The van der Waals surface area contributed by atoms with E-state index in [1.54, 1.807) is 7.11 Å². The largest absolute Gasteiger partial charge is 0.497 e. The van der Waals surface area contributed by atoms with Crippen LogP contribution in [0.1, 0.15) is 18.4 Å². The van der Waals surface area contributed by atoms with Crippen LogP contribution in [0.3, 0.4) is 0 Å². The molecule has 2 rings (SSSR count). The lowest BCUT2D eigenvalue weighted by Gasteiger charge is -2.15. The Kier molecular flexibility index (Phi) is 4.59. The lowest BCUT2D eigenvalue weighted by molar-refractivity contribution is -0.129. The van der Waals surface area contributed by atoms with E-state index < -0.39 is 0 Å². The Morgan fingerprint density at radius 3 is 2.56 bits per heavy atom. The van der Waals surface area contributed by atoms with Crippen LogP contribution >= 0.6 is 0 Å². The Morgan fingerprint density at radius 1 is 1.28 bits per heavy atom. The highest BCUT2D eigenvalue weighted by atomic mass is 16.5. The second-order valence-corrected chi connectivity index (χ2v) is 4.54. The molecule has 4 nitrogen and oxygen atoms in total. The van der Waals surface area contributed by atoms with Gasteiger partial charge in [-0.05, 0) is 30.5 Å². The van der Waals surface area contributed by atoms with E-state index in [1.807, 2.05) is 29.2 Å². The minimum Gasteiger partial charge on any atom is -0.497 e. The topological polar surface area (TPSA) is 41.6 Å². The molecule has 1 aliphatic rings. The summed E-state index contributed by atoms with van der Waals surface area (Å²) in [6.45, 7) is 2.97. The molecule has 1 aliphatic heterocycles. The molecule has 1 saturated heterocycles. The molecule has 0 radical (unpaired) electrons. The minimum absolute atomic E-state index is 0.209. The molecule has 1 amide bonds. The highest BCUT2D eigenvalue weighted by Crippen LogP contribution is 2.11. The van der Waals surface area contributed by atoms with Crippen LogP contribution in [0, 0.1) is 0 Å². The summed E-state index contributed by atoms with van der Waals surface area (Å²) in [5.74, 6) is 1.06. The maximum atomic E-state index is 11.8. The standard InChI is InChI=1S/C14H20N2O2/c1-18-13-6-4-12(5-7-13)10-15-11-14(17)16-8-2-3-9-16/h4-7,15H,2-3,8-11H2,1H3. The number of hydrogen-bond acceptors (Lipinski definition) is 3. The molecule has 1 aromatic rings. The van der Waals surface area contributed by atoms with Crippen LogP contribution < -0.4 is 10.1 Å². The molecule has 0 aromatic heterocycles. The van der Waals surface area contributed by atoms with E-state index in [0.29, 0.717) is 13.1 Å². The normalized spacial score (nSPS) is 14.8. The van der Waals surface area contributed by atoms with E-state index in [2.05, 4.69) is 5.32 Å². The number of nitrogens with one attached hydrogen (secondary N) is 1. The van der Waals surface area contributed by atoms with Crippen molar-refractivity contribution in [2.75, 3.05) is 26.7 Å². The van der Waals surface area contributed by atoms with Gasteiger partial charge in [-0.3, -0.25) is 4.79 Å². The van der Waals surface area contributed by atoms with Crippen molar-refractivity contribution in [2.45, 2.75) is 19.4 Å². The number of rotatable bonds is 5. The van der Waals surface area contributed by atoms with E-state index in [9.17, 15) is 4.79 Å². The number of nitrogens with zero attached hydrogens (tertiary/aromatic N) is 1. The van der Waals surface area contributed by atoms with Crippen molar-refractivity contribution < 1.29 is 9.53 Å². The number of amides is 1. The number of likely N-dealkylation sites (tertiary alicyclic amines) is 1. The fraction of sp³-hybridized carbons (Fsp3) is 0.500. The number of carbonyl (C=O) groups is 1. The third kappa shape index (κ3) is 3.47. The molecular weight excluding hydrogens is 228 g/mol. The van der Waals surface area contributed by atoms with Gasteiger partial charge in [0.05, 0.1) is 13.7 Å². The van der Waals surface area contributed by atoms with Crippen LogP contribution in [0.15, 0.2) is 24.3 Å². The molecule has 1 N–H and O–H groups in total. The van der Waals surface area contributed by atoms with Crippen LogP contribution in [0.5, 0.6) is 5.75 Å². The van der Waals surface area contributed by atoms with Crippen LogP contribution in [0.2, 0.25) is 0 Å². The summed E-state index contributed by atoms with van der Waals surface area (Å²) >= 11 is 0. The van der Waals surface area contributed by atoms with Gasteiger partial charge in [-0.25, -0.2) is 0 Å². The number of methoxy groups -OCH3 is 1. The molecular formula is C14H20N2O2. The first kappa shape index (κ1) is 12.9. The average Bonchev–Trinajstić information content (AvgIpc) is 2.93. The predicted octanol–water partition coefficient (Wildman–Crippen LogP) is 1.41. The number of ether oxygens (including phenoxy) is 1. The van der Waals surface area contributed by atoms with Gasteiger partial charge in [-0.2, -0.15) is 0 Å². The van der Waals surface area contributed by atoms with Gasteiger partial charge in [-0.1, -0.05) is 12.1 Å². The first-order valence-electron chi connectivity index (χ1n) is 6.41. The highest BCUT2D eigenvalue weighted by molar-refractivity contribution is 5.78. The summed E-state index contributed by atoms with van der Waals surface area (Å²) in [7, 11) is 1.65. The zero-order chi connectivity index (χ0) is 12.8. The molecule has 0 saturated carbocycles. The first-order chi connectivity index (χ1) is 8.79. The Hall–Kier alpha value is -1.55. The summed E-state index contributed by atoms with van der Waals surface area (Å²) in [4.78, 5) is 13.7. The molecule has 4 heteroatoms. The summed E-state index contributed by atoms with van der Waals surface area (Å²) in [5.41, 5.74) is 1.16. The highest BCUT2D eigenvalue weighted by Gasteiger charge is 2.16. The second-order valence-electron chi connectivity index (χ2n) is 4.54. The number of benzene rings is 1. The summed E-state index contributed by atoms with van der Waals surface area (Å²) in [6, 6.07) is 7.87. The lowest BCUT2D eigenvalue weighted by Crippen LogP contribution is -2.35.